The molecule has 4 saturated carbocycles. The second-order valence-electron chi connectivity index (χ2n) is 8.35. The van der Waals surface area contributed by atoms with E-state index in [2.05, 4.69) is 0 Å². The van der Waals surface area contributed by atoms with Crippen molar-refractivity contribution in [1.29, 1.82) is 0 Å². The van der Waals surface area contributed by atoms with Crippen LogP contribution < -0.4 is 0 Å². The Bertz CT molecular complexity index is 781. The molecule has 4 heteroatoms. The van der Waals surface area contributed by atoms with Crippen molar-refractivity contribution in [2.75, 3.05) is 5.75 Å². The van der Waals surface area contributed by atoms with Crippen molar-refractivity contribution in [3.8, 4) is 0 Å². The molecule has 4 aliphatic rings. The van der Waals surface area contributed by atoms with Crippen LogP contribution in [-0.4, -0.2) is 16.7 Å². The molecule has 0 aliphatic heterocycles. The molecular weight excluding hydrogens is 332 g/mol. The first kappa shape index (κ1) is 15.7. The number of carbonyl (C=O) groups is 2. The van der Waals surface area contributed by atoms with Gasteiger partial charge in [-0.05, 0) is 68.4 Å². The number of rotatable bonds is 4. The molecule has 0 radical (unpaired) electrons. The molecule has 130 valence electrons. The molecule has 2 aromatic rings. The van der Waals surface area contributed by atoms with E-state index in [1.165, 1.54) is 19.3 Å². The van der Waals surface area contributed by atoms with Crippen molar-refractivity contribution in [2.24, 2.45) is 23.2 Å². The zero-order valence-corrected chi connectivity index (χ0v) is 15.0. The Hall–Kier alpha value is -1.55. The third-order valence-corrected chi connectivity index (χ3v) is 7.46. The van der Waals surface area contributed by atoms with Gasteiger partial charge in [0.05, 0.1) is 5.75 Å². The highest BCUT2D eigenvalue weighted by molar-refractivity contribution is 8.14. The number of fused-ring (bicyclic) bond motifs is 1. The Morgan fingerprint density at radius 2 is 1.68 bits per heavy atom. The van der Waals surface area contributed by atoms with Crippen LogP contribution in [0.2, 0.25) is 0 Å². The molecular formula is C21H22O3S. The minimum Gasteiger partial charge on any atom is -0.452 e. The number of ketones is 1. The van der Waals surface area contributed by atoms with Gasteiger partial charge in [0.2, 0.25) is 0 Å². The Morgan fingerprint density at radius 3 is 2.32 bits per heavy atom. The monoisotopic (exact) mass is 354 g/mol. The first-order valence-corrected chi connectivity index (χ1v) is 10.3. The Morgan fingerprint density at radius 1 is 1.04 bits per heavy atom. The van der Waals surface area contributed by atoms with Gasteiger partial charge in [0.1, 0.15) is 11.4 Å². The second-order valence-corrected chi connectivity index (χ2v) is 9.29. The Kier molecular flexibility index (Phi) is 3.60. The SMILES string of the molecule is O=C(SCC(=O)C12CC3CC(CC(C3)C1)C2)c1cc2ccccc2o1. The summed E-state index contributed by atoms with van der Waals surface area (Å²) in [5, 5.41) is 0.799. The number of hydrogen-bond acceptors (Lipinski definition) is 4. The topological polar surface area (TPSA) is 47.3 Å². The van der Waals surface area contributed by atoms with Crippen molar-refractivity contribution in [2.45, 2.75) is 38.5 Å². The summed E-state index contributed by atoms with van der Waals surface area (Å²) in [6.45, 7) is 0. The Labute approximate surface area is 151 Å². The lowest BCUT2D eigenvalue weighted by Gasteiger charge is -2.56. The third kappa shape index (κ3) is 2.66. The summed E-state index contributed by atoms with van der Waals surface area (Å²) in [5.41, 5.74) is 0.606. The lowest BCUT2D eigenvalue weighted by molar-refractivity contribution is -0.141. The molecule has 1 heterocycles. The molecule has 0 amide bonds. The van der Waals surface area contributed by atoms with Crippen LogP contribution in [0.25, 0.3) is 11.0 Å². The van der Waals surface area contributed by atoms with Gasteiger partial charge in [-0.25, -0.2) is 0 Å². The maximum Gasteiger partial charge on any atom is 0.255 e. The summed E-state index contributed by atoms with van der Waals surface area (Å²) >= 11 is 1.12. The Balaban J connectivity index is 1.28. The van der Waals surface area contributed by atoms with E-state index in [0.29, 0.717) is 17.3 Å². The quantitative estimate of drug-likeness (QED) is 0.767. The summed E-state index contributed by atoms with van der Waals surface area (Å²) in [5.74, 6) is 3.22. The first-order valence-electron chi connectivity index (χ1n) is 9.30. The summed E-state index contributed by atoms with van der Waals surface area (Å²) in [4.78, 5) is 25.5. The minimum absolute atomic E-state index is 0.115. The fourth-order valence-corrected chi connectivity index (χ4v) is 6.70. The lowest BCUT2D eigenvalue weighted by Crippen LogP contribution is -2.50. The van der Waals surface area contributed by atoms with Gasteiger partial charge < -0.3 is 4.42 Å². The second kappa shape index (κ2) is 5.73. The molecule has 25 heavy (non-hydrogen) atoms. The number of para-hydroxylation sites is 1. The van der Waals surface area contributed by atoms with Crippen LogP contribution in [0.4, 0.5) is 0 Å². The number of furan rings is 1. The van der Waals surface area contributed by atoms with E-state index in [1.807, 2.05) is 24.3 Å². The van der Waals surface area contributed by atoms with Crippen molar-refractivity contribution >= 4 is 33.6 Å². The average molecular weight is 354 g/mol. The highest BCUT2D eigenvalue weighted by atomic mass is 32.2. The van der Waals surface area contributed by atoms with Crippen molar-refractivity contribution in [1.82, 2.24) is 0 Å². The van der Waals surface area contributed by atoms with Crippen molar-refractivity contribution in [3.05, 3.63) is 36.1 Å². The molecule has 0 spiro atoms. The van der Waals surface area contributed by atoms with E-state index < -0.39 is 0 Å². The third-order valence-electron chi connectivity index (χ3n) is 6.59. The van der Waals surface area contributed by atoms with Gasteiger partial charge in [-0.2, -0.15) is 0 Å². The maximum atomic E-state index is 13.0. The predicted octanol–water partition coefficient (Wildman–Crippen LogP) is 5.09. The number of carbonyl (C=O) groups excluding carboxylic acids is 2. The molecule has 0 atom stereocenters. The van der Waals surface area contributed by atoms with E-state index >= 15 is 0 Å². The van der Waals surface area contributed by atoms with Crippen LogP contribution in [0.15, 0.2) is 34.7 Å². The van der Waals surface area contributed by atoms with Crippen LogP contribution in [0.3, 0.4) is 0 Å². The fraction of sp³-hybridized carbons (Fsp3) is 0.524. The molecule has 6 rings (SSSR count). The summed E-state index contributed by atoms with van der Waals surface area (Å²) in [6, 6.07) is 9.39. The van der Waals surface area contributed by atoms with Gasteiger partial charge in [0.25, 0.3) is 5.12 Å². The van der Waals surface area contributed by atoms with Gasteiger partial charge in [-0.3, -0.25) is 9.59 Å². The van der Waals surface area contributed by atoms with Gasteiger partial charge >= 0.3 is 0 Å². The maximum absolute atomic E-state index is 13.0. The summed E-state index contributed by atoms with van der Waals surface area (Å²) in [7, 11) is 0. The van der Waals surface area contributed by atoms with Gasteiger partial charge in [0, 0.05) is 10.8 Å². The van der Waals surface area contributed by atoms with Crippen LogP contribution in [0.5, 0.6) is 0 Å². The number of Topliss-reactive ketones (excluding diaryl/α,β-unsaturated/α-hetero) is 1. The number of hydrogen-bond donors (Lipinski definition) is 0. The van der Waals surface area contributed by atoms with Gasteiger partial charge in [-0.1, -0.05) is 30.0 Å². The van der Waals surface area contributed by atoms with E-state index in [4.69, 9.17) is 4.42 Å². The molecule has 1 aromatic carbocycles. The van der Waals surface area contributed by atoms with Crippen LogP contribution in [0.1, 0.15) is 49.1 Å². The average Bonchev–Trinajstić information content (AvgIpc) is 3.02. The largest absolute Gasteiger partial charge is 0.452 e. The van der Waals surface area contributed by atoms with Crippen LogP contribution in [0, 0.1) is 23.2 Å². The molecule has 1 aromatic heterocycles. The first-order chi connectivity index (χ1) is 12.1. The molecule has 0 unspecified atom stereocenters. The molecule has 3 nitrogen and oxygen atoms in total. The lowest BCUT2D eigenvalue weighted by atomic mass is 9.48. The number of benzene rings is 1. The predicted molar refractivity (Wildman–Crippen MR) is 98.6 cm³/mol. The standard InChI is InChI=1S/C21H22O3S/c22-19(21-9-13-5-14(10-21)7-15(6-13)11-21)12-25-20(23)18-8-16-3-1-2-4-17(16)24-18/h1-4,8,13-15H,5-7,9-12H2. The zero-order valence-electron chi connectivity index (χ0n) is 14.2. The normalized spacial score (nSPS) is 33.0. The summed E-state index contributed by atoms with van der Waals surface area (Å²) in [6.07, 6.45) is 7.19. The molecule has 0 N–H and O–H groups in total. The molecule has 4 aliphatic carbocycles. The fourth-order valence-electron chi connectivity index (χ4n) is 5.89. The van der Waals surface area contributed by atoms with Crippen molar-refractivity contribution < 1.29 is 14.0 Å². The molecule has 4 bridgehead atoms. The molecule has 0 saturated heterocycles. The van der Waals surface area contributed by atoms with Crippen molar-refractivity contribution in [3.63, 3.8) is 0 Å². The van der Waals surface area contributed by atoms with E-state index in [9.17, 15) is 9.59 Å². The summed E-state index contributed by atoms with van der Waals surface area (Å²) < 4.78 is 5.63. The highest BCUT2D eigenvalue weighted by Crippen LogP contribution is 2.60. The zero-order chi connectivity index (χ0) is 17.0. The van der Waals surface area contributed by atoms with Crippen LogP contribution in [-0.2, 0) is 4.79 Å². The minimum atomic E-state index is -0.130. The van der Waals surface area contributed by atoms with E-state index in [0.717, 1.165) is 59.7 Å². The number of thioether (sulfide) groups is 1. The van der Waals surface area contributed by atoms with E-state index in [-0.39, 0.29) is 10.5 Å². The van der Waals surface area contributed by atoms with Crippen LogP contribution >= 0.6 is 11.8 Å². The smallest absolute Gasteiger partial charge is 0.255 e. The van der Waals surface area contributed by atoms with Gasteiger partial charge in [-0.15, -0.1) is 0 Å². The van der Waals surface area contributed by atoms with E-state index in [1.54, 1.807) is 6.07 Å². The highest BCUT2D eigenvalue weighted by Gasteiger charge is 2.54. The van der Waals surface area contributed by atoms with Gasteiger partial charge in [0.15, 0.2) is 5.76 Å². The molecule has 4 fully saturated rings.